The third-order valence-corrected chi connectivity index (χ3v) is 3.81. The van der Waals surface area contributed by atoms with E-state index in [9.17, 15) is 9.59 Å². The second-order valence-electron chi connectivity index (χ2n) is 4.07. The van der Waals surface area contributed by atoms with Crippen LogP contribution in [0.25, 0.3) is 0 Å². The van der Waals surface area contributed by atoms with Gasteiger partial charge in [0.05, 0.1) is 24.1 Å². The van der Waals surface area contributed by atoms with Crippen LogP contribution < -0.4 is 0 Å². The van der Waals surface area contributed by atoms with E-state index < -0.39 is 0 Å². The number of ether oxygens (including phenoxy) is 1. The standard InChI is InChI=1S/C13H15NO3S/c1-2-13(16)14-5-6-17-9-10(14)8-11(15)12-4-3-7-18-12/h2-4,7,10H,1,5-6,8-9H2. The topological polar surface area (TPSA) is 46.6 Å². The number of amides is 1. The summed E-state index contributed by atoms with van der Waals surface area (Å²) in [4.78, 5) is 26.1. The molecule has 0 N–H and O–H groups in total. The van der Waals surface area contributed by atoms with Gasteiger partial charge in [-0.2, -0.15) is 0 Å². The molecule has 1 saturated heterocycles. The van der Waals surface area contributed by atoms with Crippen molar-refractivity contribution in [2.75, 3.05) is 19.8 Å². The van der Waals surface area contributed by atoms with Gasteiger partial charge in [-0.05, 0) is 17.5 Å². The summed E-state index contributed by atoms with van der Waals surface area (Å²) in [5.41, 5.74) is 0. The van der Waals surface area contributed by atoms with Gasteiger partial charge >= 0.3 is 0 Å². The Morgan fingerprint density at radius 3 is 3.11 bits per heavy atom. The molecule has 96 valence electrons. The first-order chi connectivity index (χ1) is 8.72. The molecule has 0 radical (unpaired) electrons. The van der Waals surface area contributed by atoms with Crippen LogP contribution in [0.3, 0.4) is 0 Å². The fourth-order valence-electron chi connectivity index (χ4n) is 1.98. The molecule has 0 aliphatic carbocycles. The number of rotatable bonds is 4. The minimum absolute atomic E-state index is 0.0577. The molecule has 1 aliphatic heterocycles. The van der Waals surface area contributed by atoms with Crippen LogP contribution in [0, 0.1) is 0 Å². The van der Waals surface area contributed by atoms with E-state index >= 15 is 0 Å². The number of hydrogen-bond donors (Lipinski definition) is 0. The highest BCUT2D eigenvalue weighted by Crippen LogP contribution is 2.17. The molecule has 2 heterocycles. The van der Waals surface area contributed by atoms with Crippen molar-refractivity contribution in [2.24, 2.45) is 0 Å². The largest absolute Gasteiger partial charge is 0.377 e. The first-order valence-electron chi connectivity index (χ1n) is 5.80. The van der Waals surface area contributed by atoms with Gasteiger partial charge < -0.3 is 9.64 Å². The third kappa shape index (κ3) is 2.86. The quantitative estimate of drug-likeness (QED) is 0.615. The molecule has 0 saturated carbocycles. The lowest BCUT2D eigenvalue weighted by molar-refractivity contribution is -0.134. The summed E-state index contributed by atoms with van der Waals surface area (Å²) in [6.45, 7) is 4.94. The maximum Gasteiger partial charge on any atom is 0.246 e. The maximum atomic E-state index is 12.0. The van der Waals surface area contributed by atoms with Crippen molar-refractivity contribution < 1.29 is 14.3 Å². The van der Waals surface area contributed by atoms with E-state index in [1.165, 1.54) is 17.4 Å². The SMILES string of the molecule is C=CC(=O)N1CCOCC1CC(=O)c1cccs1. The number of carbonyl (C=O) groups is 2. The van der Waals surface area contributed by atoms with Gasteiger partial charge in [-0.3, -0.25) is 9.59 Å². The van der Waals surface area contributed by atoms with E-state index in [2.05, 4.69) is 6.58 Å². The summed E-state index contributed by atoms with van der Waals surface area (Å²) in [6.07, 6.45) is 1.59. The van der Waals surface area contributed by atoms with E-state index in [0.29, 0.717) is 26.2 Å². The fourth-order valence-corrected chi connectivity index (χ4v) is 2.66. The molecule has 5 heteroatoms. The summed E-state index contributed by atoms with van der Waals surface area (Å²) in [7, 11) is 0. The van der Waals surface area contributed by atoms with Crippen LogP contribution in [0.1, 0.15) is 16.1 Å². The molecule has 18 heavy (non-hydrogen) atoms. The Labute approximate surface area is 110 Å². The molecule has 0 aromatic carbocycles. The summed E-state index contributed by atoms with van der Waals surface area (Å²) in [5, 5.41) is 1.87. The highest BCUT2D eigenvalue weighted by atomic mass is 32.1. The smallest absolute Gasteiger partial charge is 0.246 e. The highest BCUT2D eigenvalue weighted by molar-refractivity contribution is 7.12. The zero-order valence-electron chi connectivity index (χ0n) is 10.0. The highest BCUT2D eigenvalue weighted by Gasteiger charge is 2.28. The molecule has 1 aromatic heterocycles. The average molecular weight is 265 g/mol. The van der Waals surface area contributed by atoms with Crippen LogP contribution >= 0.6 is 11.3 Å². The number of nitrogens with zero attached hydrogens (tertiary/aromatic N) is 1. The fraction of sp³-hybridized carbons (Fsp3) is 0.385. The van der Waals surface area contributed by atoms with Crippen molar-refractivity contribution in [3.8, 4) is 0 Å². The number of Topliss-reactive ketones (excluding diaryl/α,β-unsaturated/α-hetero) is 1. The predicted octanol–water partition coefficient (Wildman–Crippen LogP) is 1.73. The minimum atomic E-state index is -0.182. The van der Waals surface area contributed by atoms with E-state index in [-0.39, 0.29) is 17.7 Å². The Morgan fingerprint density at radius 2 is 2.44 bits per heavy atom. The number of ketones is 1. The zero-order chi connectivity index (χ0) is 13.0. The summed E-state index contributed by atoms with van der Waals surface area (Å²) in [6, 6.07) is 3.47. The second kappa shape index (κ2) is 5.93. The van der Waals surface area contributed by atoms with Gasteiger partial charge in [0.1, 0.15) is 0 Å². The van der Waals surface area contributed by atoms with Crippen LogP contribution in [-0.4, -0.2) is 42.4 Å². The molecular weight excluding hydrogens is 250 g/mol. The maximum absolute atomic E-state index is 12.0. The van der Waals surface area contributed by atoms with Crippen LogP contribution in [-0.2, 0) is 9.53 Å². The summed E-state index contributed by atoms with van der Waals surface area (Å²) < 4.78 is 5.35. The second-order valence-corrected chi connectivity index (χ2v) is 5.02. The lowest BCUT2D eigenvalue weighted by atomic mass is 10.1. The van der Waals surface area contributed by atoms with Gasteiger partial charge in [-0.15, -0.1) is 11.3 Å². The van der Waals surface area contributed by atoms with Crippen LogP contribution in [0.4, 0.5) is 0 Å². The van der Waals surface area contributed by atoms with Gasteiger partial charge in [0.2, 0.25) is 5.91 Å². The van der Waals surface area contributed by atoms with Crippen LogP contribution in [0.15, 0.2) is 30.2 Å². The Balaban J connectivity index is 2.03. The first kappa shape index (κ1) is 13.0. The van der Waals surface area contributed by atoms with E-state index in [0.717, 1.165) is 4.88 Å². The van der Waals surface area contributed by atoms with Crippen molar-refractivity contribution in [3.05, 3.63) is 35.0 Å². The Bertz CT molecular complexity index is 441. The van der Waals surface area contributed by atoms with Crippen molar-refractivity contribution in [3.63, 3.8) is 0 Å². The molecule has 0 bridgehead atoms. The molecule has 4 nitrogen and oxygen atoms in total. The lowest BCUT2D eigenvalue weighted by Crippen LogP contribution is -2.48. The molecule has 0 spiro atoms. The molecule has 1 atom stereocenters. The number of morpholine rings is 1. The molecule has 1 aliphatic rings. The van der Waals surface area contributed by atoms with Gasteiger partial charge in [0.15, 0.2) is 5.78 Å². The van der Waals surface area contributed by atoms with Crippen molar-refractivity contribution in [2.45, 2.75) is 12.5 Å². The van der Waals surface area contributed by atoms with Crippen molar-refractivity contribution >= 4 is 23.0 Å². The Morgan fingerprint density at radius 1 is 1.61 bits per heavy atom. The van der Waals surface area contributed by atoms with E-state index in [1.54, 1.807) is 11.0 Å². The number of hydrogen-bond acceptors (Lipinski definition) is 4. The number of carbonyl (C=O) groups excluding carboxylic acids is 2. The number of thiophene rings is 1. The van der Waals surface area contributed by atoms with Crippen molar-refractivity contribution in [1.29, 1.82) is 0 Å². The van der Waals surface area contributed by atoms with E-state index in [1.807, 2.05) is 11.4 Å². The molecular formula is C13H15NO3S. The molecule has 1 amide bonds. The van der Waals surface area contributed by atoms with Gasteiger partial charge in [0.25, 0.3) is 0 Å². The monoisotopic (exact) mass is 265 g/mol. The molecule has 2 rings (SSSR count). The normalized spacial score (nSPS) is 19.6. The molecule has 1 fully saturated rings. The Kier molecular flexibility index (Phi) is 4.28. The molecule has 1 unspecified atom stereocenters. The average Bonchev–Trinajstić information content (AvgIpc) is 2.92. The van der Waals surface area contributed by atoms with Gasteiger partial charge in [-0.25, -0.2) is 0 Å². The third-order valence-electron chi connectivity index (χ3n) is 2.90. The predicted molar refractivity (Wildman–Crippen MR) is 69.8 cm³/mol. The first-order valence-corrected chi connectivity index (χ1v) is 6.68. The van der Waals surface area contributed by atoms with Crippen molar-refractivity contribution in [1.82, 2.24) is 4.90 Å². The van der Waals surface area contributed by atoms with Crippen LogP contribution in [0.2, 0.25) is 0 Å². The lowest BCUT2D eigenvalue weighted by Gasteiger charge is -2.34. The zero-order valence-corrected chi connectivity index (χ0v) is 10.8. The minimum Gasteiger partial charge on any atom is -0.377 e. The molecule has 1 aromatic rings. The van der Waals surface area contributed by atoms with Gasteiger partial charge in [-0.1, -0.05) is 12.6 Å². The summed E-state index contributed by atoms with van der Waals surface area (Å²) >= 11 is 1.42. The Hall–Kier alpha value is -1.46. The van der Waals surface area contributed by atoms with E-state index in [4.69, 9.17) is 4.74 Å². The van der Waals surface area contributed by atoms with Crippen LogP contribution in [0.5, 0.6) is 0 Å². The van der Waals surface area contributed by atoms with Gasteiger partial charge in [0, 0.05) is 13.0 Å². The summed E-state index contributed by atoms with van der Waals surface area (Å²) in [5.74, 6) is -0.0790.